The number of nitrogens with two attached hydrogens (primary N) is 1. The number of carboxylic acids is 2. The second kappa shape index (κ2) is 11.5. The molecule has 0 unspecified atom stereocenters. The molecule has 1 amide bonds. The first-order chi connectivity index (χ1) is 15.2. The van der Waals surface area contributed by atoms with Crippen LogP contribution in [0.5, 0.6) is 0 Å². The molecule has 166 valence electrons. The molecule has 0 aliphatic carbocycles. The van der Waals surface area contributed by atoms with Crippen LogP contribution in [0.15, 0.2) is 35.3 Å². The number of carbonyl (C=O) groups excluding carboxylic acids is 3. The second-order valence-electron chi connectivity index (χ2n) is 6.67. The van der Waals surface area contributed by atoms with Gasteiger partial charge in [-0.05, 0) is 37.1 Å². The number of aliphatic carboxylic acids is 2. The normalized spacial score (nSPS) is 11.3. The first-order valence-corrected chi connectivity index (χ1v) is 9.30. The van der Waals surface area contributed by atoms with E-state index in [2.05, 4.69) is 30.6 Å². The zero-order chi connectivity index (χ0) is 23.3. The van der Waals surface area contributed by atoms with Crippen LogP contribution in [0.2, 0.25) is 0 Å². The second-order valence-corrected chi connectivity index (χ2v) is 6.67. The van der Waals surface area contributed by atoms with Crippen LogP contribution in [0.4, 0.5) is 11.6 Å². The van der Waals surface area contributed by atoms with E-state index in [1.54, 1.807) is 12.1 Å². The molecule has 2 aromatic heterocycles. The number of rotatable bonds is 9. The summed E-state index contributed by atoms with van der Waals surface area (Å²) in [5.41, 5.74) is 6.37. The van der Waals surface area contributed by atoms with Crippen molar-refractivity contribution in [1.29, 1.82) is 0 Å². The first-order valence-electron chi connectivity index (χ1n) is 9.30. The number of amides is 1. The third-order valence-electron chi connectivity index (χ3n) is 4.33. The summed E-state index contributed by atoms with van der Waals surface area (Å²) in [6.07, 6.45) is 0.554. The predicted octanol–water partition coefficient (Wildman–Crippen LogP) is -3.09. The van der Waals surface area contributed by atoms with Crippen LogP contribution in [0.25, 0.3) is 11.2 Å². The number of nitrogens with one attached hydrogen (secondary N) is 3. The van der Waals surface area contributed by atoms with Gasteiger partial charge in [0.15, 0.2) is 11.2 Å². The molecule has 5 N–H and O–H groups in total. The third kappa shape index (κ3) is 7.10. The molecule has 1 atom stereocenters. The fraction of sp³-hybridized carbons (Fsp3) is 0.211. The zero-order valence-corrected chi connectivity index (χ0v) is 19.4. The van der Waals surface area contributed by atoms with Gasteiger partial charge in [-0.25, -0.2) is 9.97 Å². The van der Waals surface area contributed by atoms with E-state index in [1.807, 2.05) is 0 Å². The molecule has 0 saturated heterocycles. The van der Waals surface area contributed by atoms with Crippen molar-refractivity contribution in [3.8, 4) is 0 Å². The maximum Gasteiger partial charge on any atom is 2.00 e. The Morgan fingerprint density at radius 2 is 1.82 bits per heavy atom. The van der Waals surface area contributed by atoms with Gasteiger partial charge in [0, 0.05) is 17.2 Å². The van der Waals surface area contributed by atoms with Gasteiger partial charge in [0.05, 0.1) is 30.4 Å². The Bertz CT molecular complexity index is 1230. The number of nitrogen functional groups attached to an aromatic ring is 1. The number of anilines is 2. The molecule has 0 spiro atoms. The summed E-state index contributed by atoms with van der Waals surface area (Å²) in [4.78, 5) is 60.2. The number of hydrogen-bond acceptors (Lipinski definition) is 11. The van der Waals surface area contributed by atoms with Crippen molar-refractivity contribution in [2.75, 3.05) is 11.1 Å². The summed E-state index contributed by atoms with van der Waals surface area (Å²) in [6, 6.07) is 4.59. The third-order valence-corrected chi connectivity index (χ3v) is 4.33. The average molecular weight is 484 g/mol. The summed E-state index contributed by atoms with van der Waals surface area (Å²) in [6.45, 7) is 0.217. The number of aromatic amines is 1. The Labute approximate surface area is 215 Å². The number of nitrogens with zero attached hydrogens (tertiary/aromatic N) is 3. The predicted molar refractivity (Wildman–Crippen MR) is 112 cm³/mol. The van der Waals surface area contributed by atoms with Crippen molar-refractivity contribution < 1.29 is 24.6 Å². The maximum absolute atomic E-state index is 12.2. The molecule has 0 bridgehead atoms. The van der Waals surface area contributed by atoms with Crippen LogP contribution in [-0.4, -0.2) is 81.6 Å². The Hall–Kier alpha value is -3.29. The van der Waals surface area contributed by atoms with Crippen LogP contribution in [0, 0.1) is 0 Å². The van der Waals surface area contributed by atoms with Gasteiger partial charge in [-0.1, -0.05) is 0 Å². The van der Waals surface area contributed by atoms with Gasteiger partial charge in [0.25, 0.3) is 11.5 Å². The van der Waals surface area contributed by atoms with E-state index in [1.165, 1.54) is 18.3 Å². The van der Waals surface area contributed by atoms with E-state index >= 15 is 0 Å². The molecule has 0 fully saturated rings. The molecular weight excluding hydrogens is 467 g/mol. The van der Waals surface area contributed by atoms with E-state index in [0.29, 0.717) is 11.4 Å². The van der Waals surface area contributed by atoms with Crippen LogP contribution in [0.1, 0.15) is 28.9 Å². The molecular formula is C19H17CaN7O6. The number of aromatic nitrogens is 4. The maximum atomic E-state index is 12.2. The van der Waals surface area contributed by atoms with Crippen molar-refractivity contribution >= 4 is 78.4 Å². The van der Waals surface area contributed by atoms with Crippen molar-refractivity contribution in [3.63, 3.8) is 0 Å². The van der Waals surface area contributed by atoms with E-state index < -0.39 is 35.9 Å². The Morgan fingerprint density at radius 3 is 2.45 bits per heavy atom. The van der Waals surface area contributed by atoms with Crippen molar-refractivity contribution in [2.45, 2.75) is 25.4 Å². The van der Waals surface area contributed by atoms with Gasteiger partial charge in [-0.15, -0.1) is 0 Å². The summed E-state index contributed by atoms with van der Waals surface area (Å²) in [5.74, 6) is -3.78. The molecule has 13 nitrogen and oxygen atoms in total. The van der Waals surface area contributed by atoms with Gasteiger partial charge in [-0.3, -0.25) is 14.6 Å². The van der Waals surface area contributed by atoms with Crippen LogP contribution in [0.3, 0.4) is 0 Å². The Morgan fingerprint density at radius 1 is 1.12 bits per heavy atom. The number of H-pyrrole nitrogens is 1. The molecule has 3 rings (SSSR count). The smallest absolute Gasteiger partial charge is 0.550 e. The topological polar surface area (TPSA) is 219 Å². The Kier molecular flexibility index (Phi) is 9.08. The average Bonchev–Trinajstić information content (AvgIpc) is 2.75. The molecule has 3 aromatic rings. The van der Waals surface area contributed by atoms with E-state index in [9.17, 15) is 29.4 Å². The molecule has 0 radical (unpaired) electrons. The van der Waals surface area contributed by atoms with Gasteiger partial charge in [0.1, 0.15) is 0 Å². The summed E-state index contributed by atoms with van der Waals surface area (Å²) >= 11 is 0. The van der Waals surface area contributed by atoms with Crippen LogP contribution < -0.4 is 32.1 Å². The van der Waals surface area contributed by atoms with Crippen molar-refractivity contribution in [1.82, 2.24) is 25.3 Å². The largest absolute Gasteiger partial charge is 2.00 e. The molecule has 0 saturated carbocycles. The van der Waals surface area contributed by atoms with Gasteiger partial charge >= 0.3 is 37.7 Å². The standard InChI is InChI=1S/C19H19N7O6.Ca/c20-19-25-15-14(17(30)26-19)23-11(8-22-15)7-21-10-3-1-9(2-4-10)16(29)24-12(18(31)32)5-6-13(27)28;/h1-4,8,12,21H,5-7H2,(H,24,29)(H,27,28)(H,31,32)(H3,20,22,25,26,30);/q;+2/p-2/t12-;/m0./s1/i5+1,6+1,12+1,13+1,18+1;. The number of benzene rings is 1. The van der Waals surface area contributed by atoms with Crippen molar-refractivity contribution in [2.24, 2.45) is 0 Å². The fourth-order valence-corrected chi connectivity index (χ4v) is 2.74. The minimum Gasteiger partial charge on any atom is -0.550 e. The fourth-order valence-electron chi connectivity index (χ4n) is 2.74. The van der Waals surface area contributed by atoms with Gasteiger partial charge in [0.2, 0.25) is 5.95 Å². The van der Waals surface area contributed by atoms with Crippen molar-refractivity contribution in [3.05, 3.63) is 52.1 Å². The zero-order valence-electron chi connectivity index (χ0n) is 17.2. The molecule has 33 heavy (non-hydrogen) atoms. The number of fused-ring (bicyclic) bond motifs is 1. The number of carbonyl (C=O) groups is 3. The molecule has 1 aromatic carbocycles. The first kappa shape index (κ1) is 26.0. The SMILES string of the molecule is Nc1nc2ncc(CNc3ccc(C(=O)N[13C@@H]([13CH2][13CH2][13C](=O)[O-])[13C](=O)[O-])cc3)nc2c(=O)[nH]1.[Ca+2]. The summed E-state index contributed by atoms with van der Waals surface area (Å²) < 4.78 is 0. The van der Waals surface area contributed by atoms with Crippen LogP contribution >= 0.6 is 0 Å². The Balaban J connectivity index is 0.00000385. The number of carboxylic acid groups (broad SMARTS) is 2. The molecule has 2 heterocycles. The molecule has 0 aliphatic heterocycles. The monoisotopic (exact) mass is 484 g/mol. The van der Waals surface area contributed by atoms with Gasteiger partial charge in [-0.2, -0.15) is 4.98 Å². The quantitative estimate of drug-likeness (QED) is 0.176. The minimum absolute atomic E-state index is 0. The van der Waals surface area contributed by atoms with E-state index in [4.69, 9.17) is 5.73 Å². The van der Waals surface area contributed by atoms with Crippen LogP contribution in [-0.2, 0) is 16.1 Å². The summed E-state index contributed by atoms with van der Waals surface area (Å²) in [7, 11) is 0. The molecule has 14 heteroatoms. The van der Waals surface area contributed by atoms with E-state index in [0.717, 1.165) is 0 Å². The summed E-state index contributed by atoms with van der Waals surface area (Å²) in [5, 5.41) is 26.8. The van der Waals surface area contributed by atoms with Gasteiger partial charge < -0.3 is 36.2 Å². The molecule has 0 aliphatic rings. The van der Waals surface area contributed by atoms with E-state index in [-0.39, 0.29) is 73.4 Å². The minimum atomic E-state index is -1.59. The number of hydrogen-bond donors (Lipinski definition) is 4.